The van der Waals surface area contributed by atoms with Gasteiger partial charge in [0, 0.05) is 90.9 Å². The van der Waals surface area contributed by atoms with Crippen molar-refractivity contribution in [3.63, 3.8) is 0 Å². The summed E-state index contributed by atoms with van der Waals surface area (Å²) in [5.74, 6) is 1.16. The van der Waals surface area contributed by atoms with Gasteiger partial charge in [-0.25, -0.2) is 9.97 Å². The molecule has 0 fully saturated rings. The first-order valence-electron chi connectivity index (χ1n) is 24.4. The number of nitrogens with zero attached hydrogens (tertiary/aromatic N) is 3. The van der Waals surface area contributed by atoms with Gasteiger partial charge in [-0.1, -0.05) is 157 Å². The van der Waals surface area contributed by atoms with Crippen LogP contribution in [0.2, 0.25) is 5.02 Å². The average Bonchev–Trinajstić information content (AvgIpc) is 3.57. The monoisotopic (exact) mass is 1020 g/mol. The molecule has 9 aromatic rings. The van der Waals surface area contributed by atoms with Crippen LogP contribution in [0, 0.1) is 0 Å². The molecule has 3 aliphatic heterocycles. The van der Waals surface area contributed by atoms with E-state index in [0.29, 0.717) is 50.4 Å². The van der Waals surface area contributed by atoms with Gasteiger partial charge in [0.15, 0.2) is 27.6 Å². The normalized spacial score (nSPS) is 11.5. The Morgan fingerprint density at radius 3 is 1.70 bits per heavy atom. The van der Waals surface area contributed by atoms with Crippen molar-refractivity contribution >= 4 is 87.8 Å². The summed E-state index contributed by atoms with van der Waals surface area (Å²) >= 11 is 5.90. The molecule has 15 rings (SSSR count). The molecular formula is C65H38ClN3O8. The fraction of sp³-hybridized carbons (Fsp3) is 0. The van der Waals surface area contributed by atoms with Gasteiger partial charge in [-0.15, -0.1) is 0 Å². The van der Waals surface area contributed by atoms with E-state index in [4.69, 9.17) is 25.4 Å². The zero-order valence-corrected chi connectivity index (χ0v) is 41.1. The highest BCUT2D eigenvalue weighted by Crippen LogP contribution is 2.47. The maximum absolute atomic E-state index is 12.7. The molecule has 0 unspecified atom stereocenters. The number of rotatable bonds is 2. The second kappa shape index (κ2) is 18.5. The lowest BCUT2D eigenvalue weighted by Gasteiger charge is -2.19. The van der Waals surface area contributed by atoms with Crippen molar-refractivity contribution in [2.45, 2.75) is 0 Å². The van der Waals surface area contributed by atoms with Crippen molar-refractivity contribution in [2.75, 3.05) is 0 Å². The summed E-state index contributed by atoms with van der Waals surface area (Å²) < 4.78 is 13.9. The minimum atomic E-state index is -0.124. The molecule has 0 amide bonds. The van der Waals surface area contributed by atoms with Gasteiger partial charge in [0.05, 0.1) is 27.4 Å². The Kier molecular flexibility index (Phi) is 11.2. The molecule has 77 heavy (non-hydrogen) atoms. The van der Waals surface area contributed by atoms with Crippen molar-refractivity contribution in [3.05, 3.63) is 248 Å². The molecular weight excluding hydrogens is 986 g/mol. The first-order valence-corrected chi connectivity index (χ1v) is 24.8. The highest BCUT2D eigenvalue weighted by molar-refractivity contribution is 6.32. The van der Waals surface area contributed by atoms with Crippen molar-refractivity contribution < 1.29 is 24.2 Å². The molecule has 0 spiro atoms. The summed E-state index contributed by atoms with van der Waals surface area (Å²) in [4.78, 5) is 46.2. The number of hydrogen-bond donors (Lipinski definition) is 3. The second-order valence-corrected chi connectivity index (χ2v) is 18.9. The van der Waals surface area contributed by atoms with Crippen LogP contribution in [-0.2, 0) is 0 Å². The van der Waals surface area contributed by atoms with Crippen molar-refractivity contribution in [1.82, 2.24) is 14.5 Å². The fourth-order valence-electron chi connectivity index (χ4n) is 10.4. The number of phenolic OH excluding ortho intramolecular Hbond substituents is 3. The molecule has 0 aromatic heterocycles. The van der Waals surface area contributed by atoms with E-state index in [2.05, 4.69) is 17.1 Å². The van der Waals surface area contributed by atoms with Gasteiger partial charge in [0.25, 0.3) is 0 Å². The van der Waals surface area contributed by atoms with E-state index in [1.165, 1.54) is 24.3 Å². The molecule has 6 aliphatic rings. The van der Waals surface area contributed by atoms with E-state index < -0.39 is 0 Å². The molecule has 9 aromatic carbocycles. The van der Waals surface area contributed by atoms with E-state index in [-0.39, 0.29) is 38.6 Å². The van der Waals surface area contributed by atoms with Crippen LogP contribution < -0.4 is 16.3 Å². The standard InChI is InChI=1S/C27H16O3.C22H14N2O2.C16H8ClNO3/c28-21-14-23-26(19-12-6-4-10-17(19)21)25(16-8-2-1-3-9-16)27-20-13-7-5-11-18(20)22(29)15-24(27)30-23;25-15-10-11-18-19(12-15)24(14-6-2-1-3-7-14)20-13-21(26)16-8-4-5-9-17(16)22(20)23-18;17-10-5-11-14(7-13(10)20)21-15-6-12(19)8-3-1-2-4-9(8)16(15)18-11/h1-15,28H;1-13,26H;1-7,20H. The minimum absolute atomic E-state index is 0.0756. The molecule has 3 aliphatic carbocycles. The van der Waals surface area contributed by atoms with E-state index in [1.54, 1.807) is 36.4 Å². The Morgan fingerprint density at radius 2 is 0.987 bits per heavy atom. The third kappa shape index (κ3) is 7.97. The maximum Gasteiger partial charge on any atom is 0.190 e. The number of hydrogen-bond acceptors (Lipinski definition) is 10. The molecule has 11 nitrogen and oxygen atoms in total. The number of fused-ring (bicyclic) bond motifs is 14. The first kappa shape index (κ1) is 46.4. The Morgan fingerprint density at radius 1 is 0.442 bits per heavy atom. The van der Waals surface area contributed by atoms with Gasteiger partial charge in [-0.05, 0) is 46.7 Å². The number of halogens is 1. The summed E-state index contributed by atoms with van der Waals surface area (Å²) in [5.41, 5.74) is 8.59. The van der Waals surface area contributed by atoms with Crippen LogP contribution in [0.1, 0.15) is 0 Å². The summed E-state index contributed by atoms with van der Waals surface area (Å²) in [7, 11) is 0. The number of phenols is 3. The molecule has 3 N–H and O–H groups in total. The summed E-state index contributed by atoms with van der Waals surface area (Å²) in [6.07, 6.45) is 0. The van der Waals surface area contributed by atoms with E-state index in [0.717, 1.165) is 76.8 Å². The highest BCUT2D eigenvalue weighted by atomic mass is 35.5. The number of para-hydroxylation sites is 1. The van der Waals surface area contributed by atoms with Crippen LogP contribution in [0.5, 0.6) is 17.2 Å². The van der Waals surface area contributed by atoms with Crippen LogP contribution in [-0.4, -0.2) is 29.9 Å². The maximum atomic E-state index is 12.7. The lowest BCUT2D eigenvalue weighted by atomic mass is 9.88. The Labute approximate surface area is 440 Å². The number of aromatic nitrogens is 3. The predicted molar refractivity (Wildman–Crippen MR) is 305 cm³/mol. The van der Waals surface area contributed by atoms with Gasteiger partial charge in [-0.2, -0.15) is 0 Å². The van der Waals surface area contributed by atoms with Crippen molar-refractivity contribution in [1.29, 1.82) is 0 Å². The third-order valence-electron chi connectivity index (χ3n) is 13.8. The highest BCUT2D eigenvalue weighted by Gasteiger charge is 2.24. The van der Waals surface area contributed by atoms with E-state index in [1.807, 2.05) is 144 Å². The van der Waals surface area contributed by atoms with Gasteiger partial charge >= 0.3 is 0 Å². The van der Waals surface area contributed by atoms with Crippen LogP contribution in [0.4, 0.5) is 0 Å². The molecule has 368 valence electrons. The average molecular weight is 1020 g/mol. The molecule has 0 bridgehead atoms. The van der Waals surface area contributed by atoms with Crippen LogP contribution in [0.15, 0.2) is 236 Å². The topological polar surface area (TPSA) is 169 Å². The predicted octanol–water partition coefficient (Wildman–Crippen LogP) is 14.7. The first-order chi connectivity index (χ1) is 37.6. The third-order valence-corrected chi connectivity index (χ3v) is 14.1. The molecule has 12 heteroatoms. The molecule has 0 radical (unpaired) electrons. The summed E-state index contributed by atoms with van der Waals surface area (Å²) in [6.45, 7) is 0. The van der Waals surface area contributed by atoms with Crippen molar-refractivity contribution in [3.8, 4) is 68.2 Å². The van der Waals surface area contributed by atoms with Gasteiger partial charge < -0.3 is 28.7 Å². The van der Waals surface area contributed by atoms with Gasteiger partial charge in [0.1, 0.15) is 39.8 Å². The zero-order chi connectivity index (χ0) is 52.5. The largest absolute Gasteiger partial charge is 0.507 e. The van der Waals surface area contributed by atoms with Crippen LogP contribution in [0.3, 0.4) is 0 Å². The van der Waals surface area contributed by atoms with Crippen molar-refractivity contribution in [2.24, 2.45) is 0 Å². The molecule has 0 saturated heterocycles. The molecule has 3 heterocycles. The smallest absolute Gasteiger partial charge is 0.190 e. The fourth-order valence-corrected chi connectivity index (χ4v) is 10.6. The Balaban J connectivity index is 0.000000112. The van der Waals surface area contributed by atoms with Crippen LogP contribution >= 0.6 is 11.6 Å². The zero-order valence-electron chi connectivity index (χ0n) is 40.3. The molecule has 0 saturated carbocycles. The van der Waals surface area contributed by atoms with E-state index in [9.17, 15) is 29.7 Å². The molecule has 0 atom stereocenters. The Bertz CT molecular complexity index is 4940. The lowest BCUT2D eigenvalue weighted by molar-refractivity contribution is 0.474. The van der Waals surface area contributed by atoms with Gasteiger partial charge in [-0.3, -0.25) is 14.4 Å². The Hall–Kier alpha value is -10.4. The quantitative estimate of drug-likeness (QED) is 0.112. The summed E-state index contributed by atoms with van der Waals surface area (Å²) in [6, 6.07) is 64.3. The minimum Gasteiger partial charge on any atom is -0.507 e. The summed E-state index contributed by atoms with van der Waals surface area (Å²) in [5, 5.41) is 38.1. The van der Waals surface area contributed by atoms with E-state index >= 15 is 0 Å². The number of aromatic hydroxyl groups is 3. The lowest BCUT2D eigenvalue weighted by Crippen LogP contribution is -2.09. The number of benzene rings is 12. The SMILES string of the molecule is O=c1cc2oc3cc(O)c(Cl)cc3nc-2c2ccccc12.O=c1cc2oc3cc(O)c4ccccc4c3c(-c3ccccc3)c-2c2ccccc12.O=c1ccc2nc3c4ccccc4c(O)cc3n(-c3ccccc3)c-2c1. The van der Waals surface area contributed by atoms with Crippen LogP contribution in [0.25, 0.3) is 127 Å². The second-order valence-electron chi connectivity index (χ2n) is 18.4. The van der Waals surface area contributed by atoms with Gasteiger partial charge in [0.2, 0.25) is 0 Å².